The number of carbonyl (C=O) groups excluding carboxylic acids is 2. The number of rotatable bonds is 11. The number of carbonyl (C=O) groups is 2. The molecule has 6 heteroatoms. The maximum Gasteiger partial charge on any atom is 0.409 e. The molecule has 1 aliphatic heterocycles. The van der Waals surface area contributed by atoms with E-state index in [-0.39, 0.29) is 5.91 Å². The molecular weight excluding hydrogens is 294 g/mol. The van der Waals surface area contributed by atoms with Gasteiger partial charge in [0.1, 0.15) is 0 Å². The van der Waals surface area contributed by atoms with Crippen LogP contribution in [-0.2, 0) is 9.53 Å². The molecule has 1 rings (SSSR count). The number of nitrogens with two attached hydrogens (primary N) is 1. The molecule has 1 aliphatic rings. The lowest BCUT2D eigenvalue weighted by Gasteiger charge is -2.24. The average Bonchev–Trinajstić information content (AvgIpc) is 2.99. The van der Waals surface area contributed by atoms with Crippen molar-refractivity contribution in [3.63, 3.8) is 0 Å². The molecule has 1 atom stereocenters. The van der Waals surface area contributed by atoms with E-state index in [1.54, 1.807) is 4.90 Å². The number of nitrogens with one attached hydrogen (secondary N) is 1. The summed E-state index contributed by atoms with van der Waals surface area (Å²) >= 11 is 0. The Hall–Kier alpha value is -1.30. The van der Waals surface area contributed by atoms with Crippen molar-refractivity contribution in [3.05, 3.63) is 0 Å². The first-order valence-corrected chi connectivity index (χ1v) is 9.13. The van der Waals surface area contributed by atoms with Gasteiger partial charge < -0.3 is 20.7 Å². The molecule has 6 nitrogen and oxygen atoms in total. The van der Waals surface area contributed by atoms with Crippen LogP contribution in [0.3, 0.4) is 0 Å². The van der Waals surface area contributed by atoms with E-state index in [9.17, 15) is 9.59 Å². The van der Waals surface area contributed by atoms with Gasteiger partial charge in [0, 0.05) is 25.9 Å². The van der Waals surface area contributed by atoms with E-state index in [4.69, 9.17) is 10.5 Å². The van der Waals surface area contributed by atoms with Gasteiger partial charge in [-0.05, 0) is 25.8 Å². The summed E-state index contributed by atoms with van der Waals surface area (Å²) in [5.74, 6) is 0.109. The van der Waals surface area contributed by atoms with E-state index >= 15 is 0 Å². The van der Waals surface area contributed by atoms with Gasteiger partial charge in [0.25, 0.3) is 0 Å². The third kappa shape index (κ3) is 8.21. The summed E-state index contributed by atoms with van der Waals surface area (Å²) in [6.07, 6.45) is 9.03. The van der Waals surface area contributed by atoms with Crippen molar-refractivity contribution in [2.45, 2.75) is 77.4 Å². The summed E-state index contributed by atoms with van der Waals surface area (Å²) in [5.41, 5.74) is 5.38. The Bertz CT molecular complexity index is 350. The van der Waals surface area contributed by atoms with E-state index in [0.29, 0.717) is 26.1 Å². The summed E-state index contributed by atoms with van der Waals surface area (Å²) in [4.78, 5) is 25.7. The minimum absolute atomic E-state index is 0.109. The molecule has 0 aromatic carbocycles. The maximum atomic E-state index is 12.3. The Morgan fingerprint density at radius 3 is 2.65 bits per heavy atom. The molecular formula is C17H33N3O3. The van der Waals surface area contributed by atoms with E-state index in [0.717, 1.165) is 32.1 Å². The fourth-order valence-corrected chi connectivity index (χ4v) is 2.80. The second-order valence-electron chi connectivity index (χ2n) is 6.18. The number of likely N-dealkylation sites (tertiary alicyclic amines) is 1. The summed E-state index contributed by atoms with van der Waals surface area (Å²) in [5, 5.41) is 2.66. The fraction of sp³-hybridized carbons (Fsp3) is 0.882. The zero-order valence-electron chi connectivity index (χ0n) is 14.5. The highest BCUT2D eigenvalue weighted by Gasteiger charge is 2.31. The molecule has 0 radical (unpaired) electrons. The lowest BCUT2D eigenvalue weighted by molar-refractivity contribution is -0.138. The monoisotopic (exact) mass is 327 g/mol. The van der Waals surface area contributed by atoms with Gasteiger partial charge in [-0.15, -0.1) is 0 Å². The highest BCUT2D eigenvalue weighted by atomic mass is 16.6. The van der Waals surface area contributed by atoms with Crippen LogP contribution in [0.4, 0.5) is 4.79 Å². The fourth-order valence-electron chi connectivity index (χ4n) is 2.80. The van der Waals surface area contributed by atoms with Crippen LogP contribution in [0.5, 0.6) is 0 Å². The van der Waals surface area contributed by atoms with E-state index in [1.165, 1.54) is 25.7 Å². The van der Waals surface area contributed by atoms with Crippen LogP contribution >= 0.6 is 0 Å². The average molecular weight is 327 g/mol. The third-order valence-corrected chi connectivity index (χ3v) is 4.16. The standard InChI is InChI=1S/C17H33N3O3/c1-2-3-4-5-6-7-10-15(21)20-14-8-11-16(20)23-17(22)19-13-9-12-18/h16H,2-14,18H2,1H3,(H,19,22)/t16-/m1/s1. The number of hydrogen-bond acceptors (Lipinski definition) is 4. The molecule has 1 heterocycles. The van der Waals surface area contributed by atoms with Crippen molar-refractivity contribution in [2.75, 3.05) is 19.6 Å². The van der Waals surface area contributed by atoms with Crippen molar-refractivity contribution in [3.8, 4) is 0 Å². The van der Waals surface area contributed by atoms with Crippen LogP contribution in [0.25, 0.3) is 0 Å². The van der Waals surface area contributed by atoms with Crippen molar-refractivity contribution >= 4 is 12.0 Å². The van der Waals surface area contributed by atoms with Crippen LogP contribution in [-0.4, -0.2) is 42.8 Å². The van der Waals surface area contributed by atoms with Gasteiger partial charge >= 0.3 is 6.09 Å². The van der Waals surface area contributed by atoms with Crippen LogP contribution in [0.15, 0.2) is 0 Å². The zero-order chi connectivity index (χ0) is 16.9. The van der Waals surface area contributed by atoms with Crippen molar-refractivity contribution in [1.29, 1.82) is 0 Å². The van der Waals surface area contributed by atoms with Crippen LogP contribution in [0.2, 0.25) is 0 Å². The number of nitrogens with zero attached hydrogens (tertiary/aromatic N) is 1. The van der Waals surface area contributed by atoms with E-state index < -0.39 is 12.3 Å². The highest BCUT2D eigenvalue weighted by Crippen LogP contribution is 2.20. The van der Waals surface area contributed by atoms with Crippen LogP contribution < -0.4 is 11.1 Å². The molecule has 134 valence electrons. The first kappa shape index (κ1) is 19.7. The van der Waals surface area contributed by atoms with E-state index in [1.807, 2.05) is 0 Å². The molecule has 0 aliphatic carbocycles. The largest absolute Gasteiger partial charge is 0.425 e. The summed E-state index contributed by atoms with van der Waals surface area (Å²) in [6.45, 7) is 3.93. The SMILES string of the molecule is CCCCCCCCC(=O)N1CCC[C@H]1OC(=O)NCCCN. The molecule has 0 saturated carbocycles. The Labute approximate surface area is 140 Å². The Kier molecular flexibility index (Phi) is 10.4. The summed E-state index contributed by atoms with van der Waals surface area (Å²) < 4.78 is 5.37. The van der Waals surface area contributed by atoms with Crippen molar-refractivity contribution < 1.29 is 14.3 Å². The number of ether oxygens (including phenoxy) is 1. The molecule has 0 aromatic heterocycles. The van der Waals surface area contributed by atoms with Gasteiger partial charge in [0.2, 0.25) is 5.91 Å². The molecule has 23 heavy (non-hydrogen) atoms. The topological polar surface area (TPSA) is 84.7 Å². The maximum absolute atomic E-state index is 12.3. The molecule has 0 spiro atoms. The molecule has 0 bridgehead atoms. The highest BCUT2D eigenvalue weighted by molar-refractivity contribution is 5.77. The predicted octanol–water partition coefficient (Wildman–Crippen LogP) is 2.76. The number of hydrogen-bond donors (Lipinski definition) is 2. The van der Waals surface area contributed by atoms with Gasteiger partial charge in [-0.2, -0.15) is 0 Å². The van der Waals surface area contributed by atoms with Crippen LogP contribution in [0.1, 0.15) is 71.1 Å². The normalized spacial score (nSPS) is 17.3. The first-order chi connectivity index (χ1) is 11.2. The molecule has 2 amide bonds. The van der Waals surface area contributed by atoms with Gasteiger partial charge in [-0.3, -0.25) is 4.79 Å². The number of unbranched alkanes of at least 4 members (excludes halogenated alkanes) is 5. The zero-order valence-corrected chi connectivity index (χ0v) is 14.5. The molecule has 1 saturated heterocycles. The lowest BCUT2D eigenvalue weighted by Crippen LogP contribution is -2.40. The van der Waals surface area contributed by atoms with Gasteiger partial charge in [0.05, 0.1) is 0 Å². The Morgan fingerprint density at radius 1 is 1.17 bits per heavy atom. The van der Waals surface area contributed by atoms with Gasteiger partial charge in [-0.1, -0.05) is 39.0 Å². The summed E-state index contributed by atoms with van der Waals surface area (Å²) in [7, 11) is 0. The molecule has 0 aromatic rings. The lowest BCUT2D eigenvalue weighted by atomic mass is 10.1. The molecule has 1 fully saturated rings. The van der Waals surface area contributed by atoms with Gasteiger partial charge in [-0.25, -0.2) is 4.79 Å². The quantitative estimate of drug-likeness (QED) is 0.571. The number of amides is 2. The minimum atomic E-state index is -0.456. The Morgan fingerprint density at radius 2 is 1.91 bits per heavy atom. The van der Waals surface area contributed by atoms with Gasteiger partial charge in [0.15, 0.2) is 6.23 Å². The number of alkyl carbamates (subject to hydrolysis) is 1. The van der Waals surface area contributed by atoms with E-state index in [2.05, 4.69) is 12.2 Å². The molecule has 3 N–H and O–H groups in total. The summed E-state index contributed by atoms with van der Waals surface area (Å²) in [6, 6.07) is 0. The smallest absolute Gasteiger partial charge is 0.409 e. The van der Waals surface area contributed by atoms with Crippen LogP contribution in [0, 0.1) is 0 Å². The minimum Gasteiger partial charge on any atom is -0.425 e. The second kappa shape index (κ2) is 12.2. The second-order valence-corrected chi connectivity index (χ2v) is 6.18. The first-order valence-electron chi connectivity index (χ1n) is 9.13. The Balaban J connectivity index is 2.22. The third-order valence-electron chi connectivity index (χ3n) is 4.16. The van der Waals surface area contributed by atoms with Crippen molar-refractivity contribution in [2.24, 2.45) is 5.73 Å². The van der Waals surface area contributed by atoms with Crippen molar-refractivity contribution in [1.82, 2.24) is 10.2 Å². The predicted molar refractivity (Wildman–Crippen MR) is 90.9 cm³/mol. The molecule has 0 unspecified atom stereocenters.